The van der Waals surface area contributed by atoms with E-state index in [0.717, 1.165) is 27.9 Å². The summed E-state index contributed by atoms with van der Waals surface area (Å²) >= 11 is 14.6. The van der Waals surface area contributed by atoms with Gasteiger partial charge in [-0.15, -0.1) is 11.3 Å². The van der Waals surface area contributed by atoms with E-state index < -0.39 is 11.8 Å². The van der Waals surface area contributed by atoms with Gasteiger partial charge in [-0.1, -0.05) is 30.0 Å². The first-order valence-electron chi connectivity index (χ1n) is 9.30. The van der Waals surface area contributed by atoms with E-state index in [4.69, 9.17) is 17.0 Å². The smallest absolute Gasteiger partial charge is 0.285 e. The van der Waals surface area contributed by atoms with Crippen molar-refractivity contribution in [3.63, 3.8) is 0 Å². The van der Waals surface area contributed by atoms with Crippen molar-refractivity contribution in [1.82, 2.24) is 10.4 Å². The van der Waals surface area contributed by atoms with E-state index in [-0.39, 0.29) is 16.7 Å². The van der Waals surface area contributed by atoms with Crippen molar-refractivity contribution in [3.8, 4) is 5.75 Å². The molecule has 168 valence electrons. The Labute approximate surface area is 219 Å². The lowest BCUT2D eigenvalue weighted by molar-refractivity contribution is -0.123. The van der Waals surface area contributed by atoms with Crippen molar-refractivity contribution in [2.45, 2.75) is 6.61 Å². The van der Waals surface area contributed by atoms with Crippen LogP contribution in [-0.2, 0) is 11.4 Å². The highest BCUT2D eigenvalue weighted by Gasteiger charge is 2.34. The number of carbonyl (C=O) groups excluding carboxylic acids is 2. The number of rotatable bonds is 6. The van der Waals surface area contributed by atoms with Gasteiger partial charge in [0.2, 0.25) is 0 Å². The number of thiocarbonyl (C=S) groups is 1. The average molecular weight is 628 g/mol. The molecule has 0 spiro atoms. The molecular weight excluding hydrogens is 615 g/mol. The number of carbonyl (C=O) groups is 2. The Hall–Kier alpha value is -2.05. The SMILES string of the molecule is O=C(NN1C(=O)/C(=C\c2cc(Br)c(OCc3ccc(F)cc3)c(Br)c2)SC1=S)c1cccs1. The van der Waals surface area contributed by atoms with Crippen molar-refractivity contribution >= 4 is 89.4 Å². The predicted octanol–water partition coefficient (Wildman–Crippen LogP) is 6.54. The van der Waals surface area contributed by atoms with Gasteiger partial charge in [-0.25, -0.2) is 4.39 Å². The third-order valence-electron chi connectivity index (χ3n) is 4.37. The van der Waals surface area contributed by atoms with E-state index in [2.05, 4.69) is 37.3 Å². The Morgan fingerprint density at radius 2 is 1.88 bits per heavy atom. The van der Waals surface area contributed by atoms with E-state index in [1.807, 2.05) is 12.1 Å². The molecule has 4 rings (SSSR count). The van der Waals surface area contributed by atoms with E-state index in [0.29, 0.717) is 24.5 Å². The molecule has 0 radical (unpaired) electrons. The molecule has 0 aliphatic carbocycles. The van der Waals surface area contributed by atoms with Gasteiger partial charge in [0.1, 0.15) is 18.2 Å². The highest BCUT2D eigenvalue weighted by molar-refractivity contribution is 9.11. The van der Waals surface area contributed by atoms with Crippen LogP contribution in [0.1, 0.15) is 20.8 Å². The van der Waals surface area contributed by atoms with Crippen LogP contribution in [0, 0.1) is 5.82 Å². The minimum atomic E-state index is -0.404. The second kappa shape index (κ2) is 10.5. The van der Waals surface area contributed by atoms with Crippen molar-refractivity contribution in [2.24, 2.45) is 0 Å². The number of ether oxygens (including phenoxy) is 1. The van der Waals surface area contributed by atoms with Gasteiger partial charge in [0.25, 0.3) is 11.8 Å². The minimum absolute atomic E-state index is 0.244. The molecule has 0 bridgehead atoms. The summed E-state index contributed by atoms with van der Waals surface area (Å²) in [6.45, 7) is 0.263. The van der Waals surface area contributed by atoms with Crippen molar-refractivity contribution in [1.29, 1.82) is 0 Å². The summed E-state index contributed by atoms with van der Waals surface area (Å²) in [5.41, 5.74) is 4.11. The molecule has 1 aromatic heterocycles. The van der Waals surface area contributed by atoms with Gasteiger partial charge in [0.15, 0.2) is 4.32 Å². The Bertz CT molecular complexity index is 1240. The van der Waals surface area contributed by atoms with Crippen LogP contribution in [0.5, 0.6) is 5.75 Å². The second-order valence-electron chi connectivity index (χ2n) is 6.66. The molecule has 1 aliphatic rings. The van der Waals surface area contributed by atoms with Gasteiger partial charge in [-0.05, 0) is 97.0 Å². The van der Waals surface area contributed by atoms with Crippen LogP contribution in [0.4, 0.5) is 4.39 Å². The molecule has 0 atom stereocenters. The fourth-order valence-electron chi connectivity index (χ4n) is 2.82. The van der Waals surface area contributed by atoms with E-state index >= 15 is 0 Å². The fraction of sp³-hybridized carbons (Fsp3) is 0.0455. The van der Waals surface area contributed by atoms with Crippen molar-refractivity contribution in [2.75, 3.05) is 0 Å². The van der Waals surface area contributed by atoms with Gasteiger partial charge in [0, 0.05) is 0 Å². The van der Waals surface area contributed by atoms with Gasteiger partial charge in [-0.2, -0.15) is 5.01 Å². The molecule has 1 fully saturated rings. The van der Waals surface area contributed by atoms with Crippen molar-refractivity contribution in [3.05, 3.63) is 89.6 Å². The van der Waals surface area contributed by atoms with Crippen LogP contribution in [0.3, 0.4) is 0 Å². The van der Waals surface area contributed by atoms with Crippen molar-refractivity contribution < 1.29 is 18.7 Å². The molecule has 1 saturated heterocycles. The van der Waals surface area contributed by atoms with Crippen LogP contribution in [0.2, 0.25) is 0 Å². The molecule has 2 amide bonds. The molecule has 1 aliphatic heterocycles. The summed E-state index contributed by atoms with van der Waals surface area (Å²) in [6.07, 6.45) is 1.69. The topological polar surface area (TPSA) is 58.6 Å². The molecule has 5 nitrogen and oxygen atoms in total. The quantitative estimate of drug-likeness (QED) is 0.249. The molecular formula is C22H13Br2FN2O3S3. The number of benzene rings is 2. The van der Waals surface area contributed by atoms with Crippen LogP contribution in [0.25, 0.3) is 6.08 Å². The Morgan fingerprint density at radius 3 is 2.52 bits per heavy atom. The number of nitrogens with zero attached hydrogens (tertiary/aromatic N) is 1. The van der Waals surface area contributed by atoms with Gasteiger partial charge < -0.3 is 4.74 Å². The number of thiophene rings is 1. The Kier molecular flexibility index (Phi) is 7.65. The number of halogens is 3. The normalized spacial score (nSPS) is 14.8. The Balaban J connectivity index is 1.48. The lowest BCUT2D eigenvalue weighted by Gasteiger charge is -2.14. The molecule has 2 aromatic carbocycles. The standard InChI is InChI=1S/C22H13Br2FN2O3S3/c23-15-8-13(9-16(24)19(15)30-11-12-3-5-14(25)6-4-12)10-18-21(29)27(22(31)33-18)26-20(28)17-2-1-7-32-17/h1-10H,11H2,(H,26,28)/b18-10+. The summed E-state index contributed by atoms with van der Waals surface area (Å²) in [7, 11) is 0. The third-order valence-corrected chi connectivity index (χ3v) is 7.72. The van der Waals surface area contributed by atoms with Crippen LogP contribution in [0.15, 0.2) is 67.8 Å². The number of hydrogen-bond donors (Lipinski definition) is 1. The van der Waals surface area contributed by atoms with Crippen LogP contribution >= 0.6 is 67.2 Å². The van der Waals surface area contributed by atoms with Gasteiger partial charge in [-0.3, -0.25) is 15.0 Å². The summed E-state index contributed by atoms with van der Waals surface area (Å²) < 4.78 is 20.5. The molecule has 2 heterocycles. The minimum Gasteiger partial charge on any atom is -0.487 e. The lowest BCUT2D eigenvalue weighted by atomic mass is 10.2. The molecule has 11 heteroatoms. The molecule has 33 heavy (non-hydrogen) atoms. The second-order valence-corrected chi connectivity index (χ2v) is 11.0. The maximum Gasteiger partial charge on any atom is 0.285 e. The maximum absolute atomic E-state index is 13.1. The number of thioether (sulfide) groups is 1. The average Bonchev–Trinajstić information content (AvgIpc) is 3.39. The third kappa shape index (κ3) is 5.72. The first-order chi connectivity index (χ1) is 15.8. The zero-order valence-electron chi connectivity index (χ0n) is 16.5. The van der Waals surface area contributed by atoms with E-state index in [9.17, 15) is 14.0 Å². The lowest BCUT2D eigenvalue weighted by Crippen LogP contribution is -2.44. The highest BCUT2D eigenvalue weighted by Crippen LogP contribution is 2.38. The van der Waals surface area contributed by atoms with Gasteiger partial charge in [0.05, 0.1) is 18.7 Å². The largest absolute Gasteiger partial charge is 0.487 e. The summed E-state index contributed by atoms with van der Waals surface area (Å²) in [5.74, 6) is -0.524. The first kappa shape index (κ1) is 24.1. The summed E-state index contributed by atoms with van der Waals surface area (Å²) in [4.78, 5) is 26.0. The number of hydrazine groups is 1. The van der Waals surface area contributed by atoms with E-state index in [1.165, 1.54) is 23.5 Å². The van der Waals surface area contributed by atoms with Gasteiger partial charge >= 0.3 is 0 Å². The van der Waals surface area contributed by atoms with Crippen LogP contribution in [-0.4, -0.2) is 21.1 Å². The number of amides is 2. The summed E-state index contributed by atoms with van der Waals surface area (Å²) in [6, 6.07) is 13.1. The monoisotopic (exact) mass is 626 g/mol. The molecule has 0 unspecified atom stereocenters. The fourth-order valence-corrected chi connectivity index (χ4v) is 6.06. The number of nitrogens with one attached hydrogen (secondary N) is 1. The zero-order valence-corrected chi connectivity index (χ0v) is 22.1. The van der Waals surface area contributed by atoms with Crippen LogP contribution < -0.4 is 10.2 Å². The molecule has 3 aromatic rings. The summed E-state index contributed by atoms with van der Waals surface area (Å²) in [5, 5.41) is 2.86. The van der Waals surface area contributed by atoms with E-state index in [1.54, 1.807) is 35.7 Å². The molecule has 1 N–H and O–H groups in total. The Morgan fingerprint density at radius 1 is 1.18 bits per heavy atom. The number of hydrogen-bond acceptors (Lipinski definition) is 6. The molecule has 0 saturated carbocycles. The highest BCUT2D eigenvalue weighted by atomic mass is 79.9. The maximum atomic E-state index is 13.1. The zero-order chi connectivity index (χ0) is 23.5. The predicted molar refractivity (Wildman–Crippen MR) is 139 cm³/mol. The first-order valence-corrected chi connectivity index (χ1v) is 13.0.